The standard InChI is InChI=1S/C13H21NO2S/c1-5-11-8-12(17-10(11)3)13(16)14(4)7-6-9(2)15/h8-9,15H,5-7H2,1-4H3. The molecule has 0 spiro atoms. The molecule has 3 nitrogen and oxygen atoms in total. The number of rotatable bonds is 5. The summed E-state index contributed by atoms with van der Waals surface area (Å²) < 4.78 is 0. The lowest BCUT2D eigenvalue weighted by Crippen LogP contribution is -2.28. The van der Waals surface area contributed by atoms with E-state index < -0.39 is 0 Å². The molecule has 1 aromatic heterocycles. The van der Waals surface area contributed by atoms with E-state index in [4.69, 9.17) is 0 Å². The Morgan fingerprint density at radius 1 is 1.59 bits per heavy atom. The molecule has 1 rings (SSSR count). The summed E-state index contributed by atoms with van der Waals surface area (Å²) in [6.07, 6.45) is 1.22. The maximum Gasteiger partial charge on any atom is 0.263 e. The van der Waals surface area contributed by atoms with Crippen LogP contribution in [0.4, 0.5) is 0 Å². The monoisotopic (exact) mass is 255 g/mol. The van der Waals surface area contributed by atoms with E-state index in [2.05, 4.69) is 13.8 Å². The van der Waals surface area contributed by atoms with Crippen molar-refractivity contribution < 1.29 is 9.90 Å². The number of nitrogens with zero attached hydrogens (tertiary/aromatic N) is 1. The largest absolute Gasteiger partial charge is 0.393 e. The third-order valence-electron chi connectivity index (χ3n) is 2.84. The Hall–Kier alpha value is -0.870. The topological polar surface area (TPSA) is 40.5 Å². The van der Waals surface area contributed by atoms with Gasteiger partial charge in [0.25, 0.3) is 5.91 Å². The lowest BCUT2D eigenvalue weighted by Gasteiger charge is -2.16. The first kappa shape index (κ1) is 14.2. The van der Waals surface area contributed by atoms with E-state index in [9.17, 15) is 9.90 Å². The lowest BCUT2D eigenvalue weighted by molar-refractivity contribution is 0.0773. The Kier molecular flexibility index (Phi) is 5.15. The summed E-state index contributed by atoms with van der Waals surface area (Å²) in [5.41, 5.74) is 1.25. The van der Waals surface area contributed by atoms with Crippen molar-refractivity contribution in [1.82, 2.24) is 4.90 Å². The minimum Gasteiger partial charge on any atom is -0.393 e. The van der Waals surface area contributed by atoms with Crippen LogP contribution < -0.4 is 0 Å². The van der Waals surface area contributed by atoms with Crippen LogP contribution in [-0.2, 0) is 6.42 Å². The van der Waals surface area contributed by atoms with Gasteiger partial charge in [0.15, 0.2) is 0 Å². The number of aryl methyl sites for hydroxylation is 2. The average Bonchev–Trinajstić information content (AvgIpc) is 2.66. The minimum absolute atomic E-state index is 0.0541. The van der Waals surface area contributed by atoms with E-state index in [0.717, 1.165) is 11.3 Å². The number of carbonyl (C=O) groups is 1. The van der Waals surface area contributed by atoms with Crippen molar-refractivity contribution in [2.75, 3.05) is 13.6 Å². The van der Waals surface area contributed by atoms with E-state index in [0.29, 0.717) is 13.0 Å². The smallest absolute Gasteiger partial charge is 0.263 e. The quantitative estimate of drug-likeness (QED) is 0.878. The molecule has 17 heavy (non-hydrogen) atoms. The molecule has 0 bridgehead atoms. The summed E-state index contributed by atoms with van der Waals surface area (Å²) >= 11 is 1.56. The second kappa shape index (κ2) is 6.17. The van der Waals surface area contributed by atoms with E-state index in [1.54, 1.807) is 30.2 Å². The summed E-state index contributed by atoms with van der Waals surface area (Å²) in [5, 5.41) is 9.20. The zero-order valence-corrected chi connectivity index (χ0v) is 11.8. The van der Waals surface area contributed by atoms with Crippen molar-refractivity contribution in [2.24, 2.45) is 0 Å². The maximum atomic E-state index is 12.1. The van der Waals surface area contributed by atoms with Gasteiger partial charge in [-0.15, -0.1) is 11.3 Å². The zero-order chi connectivity index (χ0) is 13.0. The highest BCUT2D eigenvalue weighted by atomic mass is 32.1. The van der Waals surface area contributed by atoms with Crippen LogP contribution in [0.5, 0.6) is 0 Å². The van der Waals surface area contributed by atoms with Crippen LogP contribution in [0, 0.1) is 6.92 Å². The molecule has 1 N–H and O–H groups in total. The molecule has 1 heterocycles. The van der Waals surface area contributed by atoms with Gasteiger partial charge in [0, 0.05) is 18.5 Å². The van der Waals surface area contributed by atoms with Gasteiger partial charge in [-0.3, -0.25) is 4.79 Å². The predicted molar refractivity (Wildman–Crippen MR) is 71.7 cm³/mol. The van der Waals surface area contributed by atoms with E-state index >= 15 is 0 Å². The Balaban J connectivity index is 2.68. The molecule has 96 valence electrons. The molecule has 0 aliphatic carbocycles. The number of carbonyl (C=O) groups excluding carboxylic acids is 1. The molecule has 1 unspecified atom stereocenters. The molecule has 0 fully saturated rings. The van der Waals surface area contributed by atoms with E-state index in [1.165, 1.54) is 10.4 Å². The van der Waals surface area contributed by atoms with Crippen molar-refractivity contribution in [2.45, 2.75) is 39.7 Å². The van der Waals surface area contributed by atoms with Crippen LogP contribution >= 0.6 is 11.3 Å². The molecule has 0 aliphatic rings. The van der Waals surface area contributed by atoms with Gasteiger partial charge < -0.3 is 10.0 Å². The summed E-state index contributed by atoms with van der Waals surface area (Å²) in [6, 6.07) is 1.99. The highest BCUT2D eigenvalue weighted by Gasteiger charge is 2.15. The highest BCUT2D eigenvalue weighted by molar-refractivity contribution is 7.14. The Morgan fingerprint density at radius 3 is 2.71 bits per heavy atom. The number of aliphatic hydroxyl groups is 1. The van der Waals surface area contributed by atoms with E-state index in [-0.39, 0.29) is 12.0 Å². The van der Waals surface area contributed by atoms with Gasteiger partial charge >= 0.3 is 0 Å². The number of hydrogen-bond donors (Lipinski definition) is 1. The zero-order valence-electron chi connectivity index (χ0n) is 11.0. The fraction of sp³-hybridized carbons (Fsp3) is 0.615. The van der Waals surface area contributed by atoms with Crippen LogP contribution in [-0.4, -0.2) is 35.6 Å². The van der Waals surface area contributed by atoms with Crippen LogP contribution in [0.2, 0.25) is 0 Å². The summed E-state index contributed by atoms with van der Waals surface area (Å²) in [5.74, 6) is 0.0541. The van der Waals surface area contributed by atoms with Gasteiger partial charge in [-0.05, 0) is 38.3 Å². The lowest BCUT2D eigenvalue weighted by atomic mass is 10.2. The third-order valence-corrected chi connectivity index (χ3v) is 3.92. The van der Waals surface area contributed by atoms with E-state index in [1.807, 2.05) is 6.07 Å². The van der Waals surface area contributed by atoms with Crippen LogP contribution in [0.15, 0.2) is 6.07 Å². The third kappa shape index (κ3) is 3.82. The fourth-order valence-electron chi connectivity index (χ4n) is 1.65. The molecule has 4 heteroatoms. The molecule has 1 amide bonds. The van der Waals surface area contributed by atoms with Gasteiger partial charge in [-0.25, -0.2) is 0 Å². The van der Waals surface area contributed by atoms with Crippen LogP contribution in [0.1, 0.15) is 40.4 Å². The summed E-state index contributed by atoms with van der Waals surface area (Å²) in [6.45, 7) is 6.48. The Labute approximate surface area is 107 Å². The van der Waals surface area contributed by atoms with Gasteiger partial charge in [-0.2, -0.15) is 0 Å². The number of thiophene rings is 1. The van der Waals surface area contributed by atoms with Crippen LogP contribution in [0.3, 0.4) is 0 Å². The Morgan fingerprint density at radius 2 is 2.24 bits per heavy atom. The first-order valence-corrected chi connectivity index (χ1v) is 6.80. The molecule has 0 radical (unpaired) electrons. The molecule has 0 aromatic carbocycles. The minimum atomic E-state index is -0.360. The van der Waals surface area contributed by atoms with Crippen molar-refractivity contribution in [3.63, 3.8) is 0 Å². The molecule has 1 aromatic rings. The van der Waals surface area contributed by atoms with Crippen LogP contribution in [0.25, 0.3) is 0 Å². The summed E-state index contributed by atoms with van der Waals surface area (Å²) in [4.78, 5) is 15.8. The molecular weight excluding hydrogens is 234 g/mol. The molecular formula is C13H21NO2S. The molecule has 0 aliphatic heterocycles. The molecule has 1 atom stereocenters. The normalized spacial score (nSPS) is 12.5. The average molecular weight is 255 g/mol. The fourth-order valence-corrected chi connectivity index (χ4v) is 2.75. The Bertz CT molecular complexity index is 385. The second-order valence-electron chi connectivity index (χ2n) is 4.41. The van der Waals surface area contributed by atoms with Gasteiger partial charge in [0.1, 0.15) is 0 Å². The number of hydrogen-bond acceptors (Lipinski definition) is 3. The number of aliphatic hydroxyl groups excluding tert-OH is 1. The van der Waals surface area contributed by atoms with Crippen molar-refractivity contribution in [3.8, 4) is 0 Å². The molecule has 0 saturated carbocycles. The first-order valence-electron chi connectivity index (χ1n) is 5.98. The van der Waals surface area contributed by atoms with Gasteiger partial charge in [-0.1, -0.05) is 6.92 Å². The van der Waals surface area contributed by atoms with Gasteiger partial charge in [0.2, 0.25) is 0 Å². The SMILES string of the molecule is CCc1cc(C(=O)N(C)CCC(C)O)sc1C. The molecule has 0 saturated heterocycles. The maximum absolute atomic E-state index is 12.1. The second-order valence-corrected chi connectivity index (χ2v) is 5.67. The van der Waals surface area contributed by atoms with Crippen molar-refractivity contribution in [3.05, 3.63) is 21.4 Å². The first-order chi connectivity index (χ1) is 7.95. The summed E-state index contributed by atoms with van der Waals surface area (Å²) in [7, 11) is 1.78. The highest BCUT2D eigenvalue weighted by Crippen LogP contribution is 2.23. The number of amides is 1. The van der Waals surface area contributed by atoms with Crippen molar-refractivity contribution >= 4 is 17.2 Å². The van der Waals surface area contributed by atoms with Crippen molar-refractivity contribution in [1.29, 1.82) is 0 Å². The predicted octanol–water partition coefficient (Wildman–Crippen LogP) is 2.46. The van der Waals surface area contributed by atoms with Gasteiger partial charge in [0.05, 0.1) is 11.0 Å².